The number of aliphatic hydroxyl groups excluding tert-OH is 2. The Morgan fingerprint density at radius 1 is 1.30 bits per heavy atom. The molecule has 6 heteroatoms. The molecule has 0 aliphatic carbocycles. The fourth-order valence-electron chi connectivity index (χ4n) is 2.40. The highest BCUT2D eigenvalue weighted by molar-refractivity contribution is 6.35. The van der Waals surface area contributed by atoms with Crippen molar-refractivity contribution in [2.45, 2.75) is 19.6 Å². The molecule has 3 rings (SSSR count). The van der Waals surface area contributed by atoms with Crippen molar-refractivity contribution in [3.8, 4) is 0 Å². The molecule has 0 amide bonds. The topological polar surface area (TPSA) is 71.2 Å². The molecule has 0 aliphatic heterocycles. The molecule has 0 radical (unpaired) electrons. The summed E-state index contributed by atoms with van der Waals surface area (Å²) < 4.78 is 1.87. The summed E-state index contributed by atoms with van der Waals surface area (Å²) >= 11 is 6.19. The highest BCUT2D eigenvalue weighted by Gasteiger charge is 2.17. The van der Waals surface area contributed by atoms with E-state index in [1.807, 2.05) is 35.8 Å². The van der Waals surface area contributed by atoms with Crippen LogP contribution in [-0.4, -0.2) is 37.5 Å². The van der Waals surface area contributed by atoms with Crippen molar-refractivity contribution in [3.05, 3.63) is 35.2 Å². The molecule has 0 saturated heterocycles. The number of imidazole rings is 1. The van der Waals surface area contributed by atoms with Crippen LogP contribution in [0.15, 0.2) is 24.3 Å². The minimum Gasteiger partial charge on any atom is -0.394 e. The maximum atomic E-state index is 9.71. The number of halogens is 1. The Morgan fingerprint density at radius 2 is 2.05 bits per heavy atom. The SMILES string of the molecule is Cc1nc2c(Cl)nc3ccccc3c2n1CC(O)CO. The van der Waals surface area contributed by atoms with E-state index < -0.39 is 6.10 Å². The summed E-state index contributed by atoms with van der Waals surface area (Å²) in [6.07, 6.45) is -0.836. The second-order valence-electron chi connectivity index (χ2n) is 4.72. The zero-order valence-electron chi connectivity index (χ0n) is 10.9. The van der Waals surface area contributed by atoms with Gasteiger partial charge in [0, 0.05) is 5.39 Å². The molecule has 0 fully saturated rings. The summed E-state index contributed by atoms with van der Waals surface area (Å²) in [7, 11) is 0. The first-order valence-electron chi connectivity index (χ1n) is 6.32. The highest BCUT2D eigenvalue weighted by atomic mass is 35.5. The molecule has 3 aromatic rings. The predicted octanol–water partition coefficient (Wildman–Crippen LogP) is 1.90. The maximum Gasteiger partial charge on any atom is 0.157 e. The van der Waals surface area contributed by atoms with Crippen LogP contribution in [-0.2, 0) is 6.54 Å². The van der Waals surface area contributed by atoms with Crippen molar-refractivity contribution in [3.63, 3.8) is 0 Å². The fourth-order valence-corrected chi connectivity index (χ4v) is 2.63. The van der Waals surface area contributed by atoms with Crippen LogP contribution >= 0.6 is 11.6 Å². The minimum absolute atomic E-state index is 0.267. The summed E-state index contributed by atoms with van der Waals surface area (Å²) in [6, 6.07) is 7.65. The highest BCUT2D eigenvalue weighted by Crippen LogP contribution is 2.29. The number of rotatable bonds is 3. The normalized spacial score (nSPS) is 13.2. The van der Waals surface area contributed by atoms with Crippen molar-refractivity contribution in [2.24, 2.45) is 0 Å². The van der Waals surface area contributed by atoms with Crippen LogP contribution in [0.3, 0.4) is 0 Å². The molecular formula is C14H14ClN3O2. The Balaban J connectivity index is 2.36. The van der Waals surface area contributed by atoms with Gasteiger partial charge < -0.3 is 14.8 Å². The quantitative estimate of drug-likeness (QED) is 0.723. The Bertz CT molecular complexity index is 785. The van der Waals surface area contributed by atoms with E-state index in [1.165, 1.54) is 0 Å². The summed E-state index contributed by atoms with van der Waals surface area (Å²) in [5.41, 5.74) is 2.24. The van der Waals surface area contributed by atoms with E-state index in [0.29, 0.717) is 10.7 Å². The van der Waals surface area contributed by atoms with Gasteiger partial charge in [0.15, 0.2) is 5.15 Å². The van der Waals surface area contributed by atoms with Gasteiger partial charge in [-0.1, -0.05) is 29.8 Å². The molecule has 0 aliphatic rings. The number of hydrogen-bond acceptors (Lipinski definition) is 4. The predicted molar refractivity (Wildman–Crippen MR) is 77.9 cm³/mol. The maximum absolute atomic E-state index is 9.71. The number of aliphatic hydroxyl groups is 2. The van der Waals surface area contributed by atoms with Gasteiger partial charge in [-0.25, -0.2) is 9.97 Å². The number of nitrogens with zero attached hydrogens (tertiary/aromatic N) is 3. The van der Waals surface area contributed by atoms with Crippen LogP contribution in [0, 0.1) is 6.92 Å². The van der Waals surface area contributed by atoms with Crippen LogP contribution in [0.25, 0.3) is 21.9 Å². The van der Waals surface area contributed by atoms with Crippen LogP contribution in [0.1, 0.15) is 5.82 Å². The molecule has 1 unspecified atom stereocenters. The molecule has 0 bridgehead atoms. The van der Waals surface area contributed by atoms with Gasteiger partial charge in [0.25, 0.3) is 0 Å². The van der Waals surface area contributed by atoms with Gasteiger partial charge >= 0.3 is 0 Å². The third-order valence-electron chi connectivity index (χ3n) is 3.34. The van der Waals surface area contributed by atoms with Crippen LogP contribution in [0.5, 0.6) is 0 Å². The summed E-state index contributed by atoms with van der Waals surface area (Å²) in [5.74, 6) is 0.729. The standard InChI is InChI=1S/C14H14ClN3O2/c1-8-16-12-13(18(8)6-9(20)7-19)10-4-2-3-5-11(10)17-14(12)15/h2-5,9,19-20H,6-7H2,1H3. The van der Waals surface area contributed by atoms with E-state index >= 15 is 0 Å². The van der Waals surface area contributed by atoms with Gasteiger partial charge in [0.2, 0.25) is 0 Å². The van der Waals surface area contributed by atoms with Crippen LogP contribution < -0.4 is 0 Å². The molecule has 1 atom stereocenters. The van der Waals surface area contributed by atoms with Gasteiger partial charge in [-0.2, -0.15) is 0 Å². The number of fused-ring (bicyclic) bond motifs is 3. The van der Waals surface area contributed by atoms with Crippen LogP contribution in [0.4, 0.5) is 0 Å². The lowest BCUT2D eigenvalue weighted by Crippen LogP contribution is -2.20. The van der Waals surface area contributed by atoms with Crippen molar-refractivity contribution < 1.29 is 10.2 Å². The van der Waals surface area contributed by atoms with Crippen molar-refractivity contribution in [1.29, 1.82) is 0 Å². The largest absolute Gasteiger partial charge is 0.394 e. The van der Waals surface area contributed by atoms with Gasteiger partial charge in [-0.15, -0.1) is 0 Å². The van der Waals surface area contributed by atoms with Crippen molar-refractivity contribution in [2.75, 3.05) is 6.61 Å². The lowest BCUT2D eigenvalue weighted by Gasteiger charge is -2.12. The first-order valence-corrected chi connectivity index (χ1v) is 6.69. The number of benzene rings is 1. The molecule has 104 valence electrons. The van der Waals surface area contributed by atoms with Gasteiger partial charge in [0.05, 0.1) is 30.3 Å². The molecule has 2 heterocycles. The first-order chi connectivity index (χ1) is 9.61. The Kier molecular flexibility index (Phi) is 3.33. The molecule has 20 heavy (non-hydrogen) atoms. The second kappa shape index (κ2) is 5.01. The third kappa shape index (κ3) is 2.04. The van der Waals surface area contributed by atoms with E-state index in [4.69, 9.17) is 16.7 Å². The number of hydrogen-bond donors (Lipinski definition) is 2. The summed E-state index contributed by atoms with van der Waals surface area (Å²) in [5, 5.41) is 20.0. The summed E-state index contributed by atoms with van der Waals surface area (Å²) in [6.45, 7) is 1.81. The average molecular weight is 292 g/mol. The van der Waals surface area contributed by atoms with Gasteiger partial charge in [0.1, 0.15) is 11.3 Å². The number of para-hydroxylation sites is 1. The molecular weight excluding hydrogens is 278 g/mol. The van der Waals surface area contributed by atoms with Crippen molar-refractivity contribution in [1.82, 2.24) is 14.5 Å². The Hall–Kier alpha value is -1.69. The molecule has 0 saturated carbocycles. The minimum atomic E-state index is -0.836. The van der Waals surface area contributed by atoms with E-state index in [9.17, 15) is 5.11 Å². The smallest absolute Gasteiger partial charge is 0.157 e. The zero-order chi connectivity index (χ0) is 14.3. The fraction of sp³-hybridized carbons (Fsp3) is 0.286. The molecule has 2 N–H and O–H groups in total. The monoisotopic (exact) mass is 291 g/mol. The van der Waals surface area contributed by atoms with E-state index in [2.05, 4.69) is 9.97 Å². The first kappa shape index (κ1) is 13.3. The average Bonchev–Trinajstić information content (AvgIpc) is 2.77. The van der Waals surface area contributed by atoms with Gasteiger partial charge in [-0.3, -0.25) is 0 Å². The number of aryl methyl sites for hydroxylation is 1. The van der Waals surface area contributed by atoms with Crippen LogP contribution in [0.2, 0.25) is 5.15 Å². The molecule has 2 aromatic heterocycles. The zero-order valence-corrected chi connectivity index (χ0v) is 11.7. The lowest BCUT2D eigenvalue weighted by molar-refractivity contribution is 0.0817. The lowest BCUT2D eigenvalue weighted by atomic mass is 10.2. The van der Waals surface area contributed by atoms with E-state index in [0.717, 1.165) is 22.2 Å². The molecule has 5 nitrogen and oxygen atoms in total. The second-order valence-corrected chi connectivity index (χ2v) is 5.08. The molecule has 0 spiro atoms. The van der Waals surface area contributed by atoms with Gasteiger partial charge in [-0.05, 0) is 13.0 Å². The Morgan fingerprint density at radius 3 is 2.80 bits per heavy atom. The Labute approximate surface area is 120 Å². The summed E-state index contributed by atoms with van der Waals surface area (Å²) in [4.78, 5) is 8.76. The number of pyridine rings is 1. The van der Waals surface area contributed by atoms with Crippen molar-refractivity contribution >= 4 is 33.5 Å². The van der Waals surface area contributed by atoms with E-state index in [-0.39, 0.29) is 13.2 Å². The molecule has 1 aromatic carbocycles. The third-order valence-corrected chi connectivity index (χ3v) is 3.60. The number of aromatic nitrogens is 3. The van der Waals surface area contributed by atoms with E-state index in [1.54, 1.807) is 0 Å².